The molecule has 0 spiro atoms. The zero-order valence-electron chi connectivity index (χ0n) is 9.53. The fourth-order valence-corrected chi connectivity index (χ4v) is 2.06. The van der Waals surface area contributed by atoms with Crippen molar-refractivity contribution in [1.29, 1.82) is 0 Å². The molecular weight excluding hydrogens is 273 g/mol. The summed E-state index contributed by atoms with van der Waals surface area (Å²) in [5.74, 6) is 0. The van der Waals surface area contributed by atoms with Gasteiger partial charge in [-0.25, -0.2) is 13.1 Å². The molecule has 18 heavy (non-hydrogen) atoms. The van der Waals surface area contributed by atoms with Crippen LogP contribution in [0.1, 0.15) is 0 Å². The van der Waals surface area contributed by atoms with Crippen molar-refractivity contribution in [2.45, 2.75) is 17.6 Å². The smallest absolute Gasteiger partial charge is 0.318 e. The van der Waals surface area contributed by atoms with Gasteiger partial charge < -0.3 is 5.32 Å². The van der Waals surface area contributed by atoms with Gasteiger partial charge in [0.2, 0.25) is 10.0 Å². The van der Waals surface area contributed by atoms with Crippen LogP contribution in [0, 0.1) is 0 Å². The van der Waals surface area contributed by atoms with E-state index in [0.29, 0.717) is 13.1 Å². The van der Waals surface area contributed by atoms with Crippen LogP contribution < -0.4 is 10.0 Å². The fourth-order valence-electron chi connectivity index (χ4n) is 1.09. The minimum absolute atomic E-state index is 0.289. The first-order valence-corrected chi connectivity index (χ1v) is 6.46. The zero-order valence-corrected chi connectivity index (χ0v) is 10.3. The molecule has 0 aliphatic rings. The second-order valence-corrected chi connectivity index (χ2v) is 5.25. The van der Waals surface area contributed by atoms with Crippen molar-refractivity contribution in [1.82, 2.24) is 19.8 Å². The largest absolute Gasteiger partial charge is 0.402 e. The number of likely N-dealkylation sites (N-methyl/N-ethyl adjacent to an activating group) is 1. The lowest BCUT2D eigenvalue weighted by Gasteiger charge is -2.07. The molecule has 0 aliphatic carbocycles. The molecule has 0 amide bonds. The van der Waals surface area contributed by atoms with E-state index < -0.39 is 22.7 Å². The van der Waals surface area contributed by atoms with Crippen LogP contribution in [0.5, 0.6) is 0 Å². The highest BCUT2D eigenvalue weighted by molar-refractivity contribution is 7.89. The van der Waals surface area contributed by atoms with Gasteiger partial charge in [0, 0.05) is 12.7 Å². The Balaban J connectivity index is 2.70. The van der Waals surface area contributed by atoms with Crippen LogP contribution in [-0.2, 0) is 16.6 Å². The first-order valence-electron chi connectivity index (χ1n) is 4.98. The lowest BCUT2D eigenvalue weighted by Crippen LogP contribution is -2.33. The van der Waals surface area contributed by atoms with Crippen molar-refractivity contribution in [3.63, 3.8) is 0 Å². The Morgan fingerprint density at radius 3 is 2.67 bits per heavy atom. The summed E-state index contributed by atoms with van der Waals surface area (Å²) in [5.41, 5.74) is 0. The van der Waals surface area contributed by atoms with Crippen LogP contribution in [0.25, 0.3) is 0 Å². The number of aromatic nitrogens is 2. The summed E-state index contributed by atoms with van der Waals surface area (Å²) < 4.78 is 61.5. The van der Waals surface area contributed by atoms with Crippen LogP contribution in [0.15, 0.2) is 17.3 Å². The second-order valence-electron chi connectivity index (χ2n) is 3.48. The number of nitrogens with zero attached hydrogens (tertiary/aromatic N) is 2. The molecule has 1 aromatic rings. The summed E-state index contributed by atoms with van der Waals surface area (Å²) in [4.78, 5) is -0.289. The third-order valence-corrected chi connectivity index (χ3v) is 3.33. The van der Waals surface area contributed by atoms with Crippen LogP contribution in [0.2, 0.25) is 0 Å². The van der Waals surface area contributed by atoms with Crippen LogP contribution in [-0.4, -0.2) is 44.5 Å². The normalized spacial score (nSPS) is 12.9. The maximum Gasteiger partial charge on any atom is 0.402 e. The molecule has 1 aromatic heterocycles. The lowest BCUT2D eigenvalue weighted by molar-refractivity contribution is -0.121. The average Bonchev–Trinajstić information content (AvgIpc) is 2.72. The molecule has 2 N–H and O–H groups in total. The molecule has 0 aromatic carbocycles. The maximum absolute atomic E-state index is 11.9. The van der Waals surface area contributed by atoms with Gasteiger partial charge >= 0.3 is 6.18 Å². The Bertz CT molecular complexity index is 483. The lowest BCUT2D eigenvalue weighted by atomic mass is 10.6. The molecule has 0 aliphatic heterocycles. The Hall–Kier alpha value is -1.13. The molecule has 0 fully saturated rings. The molecule has 1 rings (SSSR count). The molecule has 0 atom stereocenters. The summed E-state index contributed by atoms with van der Waals surface area (Å²) in [5, 5.41) is 6.58. The Morgan fingerprint density at radius 1 is 1.44 bits per heavy atom. The number of alkyl halides is 3. The molecule has 104 valence electrons. The minimum atomic E-state index is -4.59. The highest BCUT2D eigenvalue weighted by Gasteiger charge is 2.30. The van der Waals surface area contributed by atoms with Gasteiger partial charge in [-0.2, -0.15) is 18.3 Å². The Labute approximate surface area is 102 Å². The highest BCUT2D eigenvalue weighted by atomic mass is 32.2. The first-order chi connectivity index (χ1) is 8.24. The number of halogens is 3. The van der Waals surface area contributed by atoms with Crippen LogP contribution in [0.4, 0.5) is 13.2 Å². The summed E-state index contributed by atoms with van der Waals surface area (Å²) in [6.45, 7) is -0.612. The zero-order chi connectivity index (χ0) is 13.8. The monoisotopic (exact) mass is 286 g/mol. The Morgan fingerprint density at radius 2 is 2.11 bits per heavy atom. The van der Waals surface area contributed by atoms with E-state index in [4.69, 9.17) is 0 Å². The number of hydrogen-bond acceptors (Lipinski definition) is 4. The molecule has 0 saturated carbocycles. The minimum Gasteiger partial charge on any atom is -0.318 e. The van der Waals surface area contributed by atoms with Crippen molar-refractivity contribution < 1.29 is 21.6 Å². The van der Waals surface area contributed by atoms with Crippen molar-refractivity contribution in [2.24, 2.45) is 0 Å². The molecule has 0 bridgehead atoms. The molecule has 0 unspecified atom stereocenters. The van der Waals surface area contributed by atoms with Gasteiger partial charge in [-0.05, 0) is 7.05 Å². The predicted octanol–water partition coefficient (Wildman–Crippen LogP) is -0.0569. The van der Waals surface area contributed by atoms with Gasteiger partial charge in [0.15, 0.2) is 0 Å². The molecule has 1 heterocycles. The van der Waals surface area contributed by atoms with Crippen molar-refractivity contribution in [3.05, 3.63) is 12.4 Å². The summed E-state index contributed by atoms with van der Waals surface area (Å²) in [6, 6.07) is 0. The van der Waals surface area contributed by atoms with E-state index in [1.165, 1.54) is 15.6 Å². The van der Waals surface area contributed by atoms with Gasteiger partial charge in [0.05, 0.1) is 12.7 Å². The van der Waals surface area contributed by atoms with E-state index in [0.717, 1.165) is 6.20 Å². The van der Waals surface area contributed by atoms with Crippen molar-refractivity contribution in [3.8, 4) is 0 Å². The van der Waals surface area contributed by atoms with E-state index in [1.54, 1.807) is 7.05 Å². The first kappa shape index (κ1) is 14.9. The van der Waals surface area contributed by atoms with E-state index in [1.807, 2.05) is 0 Å². The van der Waals surface area contributed by atoms with E-state index in [2.05, 4.69) is 10.4 Å². The van der Waals surface area contributed by atoms with Gasteiger partial charge in [0.25, 0.3) is 0 Å². The van der Waals surface area contributed by atoms with Crippen molar-refractivity contribution >= 4 is 10.0 Å². The number of hydrogen-bond donors (Lipinski definition) is 2. The molecule has 0 saturated heterocycles. The van der Waals surface area contributed by atoms with Crippen LogP contribution in [0.3, 0.4) is 0 Å². The quantitative estimate of drug-likeness (QED) is 0.768. The maximum atomic E-state index is 11.9. The molecule has 0 radical (unpaired) electrons. The third-order valence-electron chi connectivity index (χ3n) is 1.97. The molecular formula is C8H13F3N4O2S. The topological polar surface area (TPSA) is 76.0 Å². The summed E-state index contributed by atoms with van der Waals surface area (Å²) >= 11 is 0. The van der Waals surface area contributed by atoms with Crippen LogP contribution >= 0.6 is 0 Å². The fraction of sp³-hybridized carbons (Fsp3) is 0.625. The average molecular weight is 286 g/mol. The van der Waals surface area contributed by atoms with Gasteiger partial charge in [-0.15, -0.1) is 0 Å². The van der Waals surface area contributed by atoms with Gasteiger partial charge in [0.1, 0.15) is 11.4 Å². The predicted molar refractivity (Wildman–Crippen MR) is 57.4 cm³/mol. The number of nitrogens with one attached hydrogen (secondary N) is 2. The van der Waals surface area contributed by atoms with E-state index in [9.17, 15) is 21.6 Å². The van der Waals surface area contributed by atoms with E-state index >= 15 is 0 Å². The Kier molecular flexibility index (Phi) is 4.71. The summed E-state index contributed by atoms with van der Waals surface area (Å²) in [6.07, 6.45) is -2.40. The highest BCUT2D eigenvalue weighted by Crippen LogP contribution is 2.14. The standard InChI is InChI=1S/C8H13F3N4O2S/c1-12-2-3-15-5-7(4-13-15)18(16,17)14-6-8(9,10)11/h4-5,12,14H,2-3,6H2,1H3. The second kappa shape index (κ2) is 5.67. The molecule has 10 heteroatoms. The van der Waals surface area contributed by atoms with Crippen molar-refractivity contribution in [2.75, 3.05) is 20.1 Å². The summed E-state index contributed by atoms with van der Waals surface area (Å²) in [7, 11) is -2.46. The number of sulfonamides is 1. The van der Waals surface area contributed by atoms with Gasteiger partial charge in [-0.3, -0.25) is 4.68 Å². The SMILES string of the molecule is CNCCn1cc(S(=O)(=O)NCC(F)(F)F)cn1. The van der Waals surface area contributed by atoms with E-state index in [-0.39, 0.29) is 4.90 Å². The molecule has 6 nitrogen and oxygen atoms in total. The number of rotatable bonds is 6. The van der Waals surface area contributed by atoms with Gasteiger partial charge in [-0.1, -0.05) is 0 Å². The third kappa shape index (κ3) is 4.63.